The molecule has 0 saturated carbocycles. The van der Waals surface area contributed by atoms with Crippen LogP contribution in [0.3, 0.4) is 0 Å². The Kier molecular flexibility index (Phi) is 5.23. The molecule has 0 saturated heterocycles. The Labute approximate surface area is 144 Å². The minimum Gasteiger partial charge on any atom is -0.493 e. The van der Waals surface area contributed by atoms with E-state index in [9.17, 15) is 4.79 Å². The molecule has 24 heavy (non-hydrogen) atoms. The van der Waals surface area contributed by atoms with Gasteiger partial charge in [0, 0.05) is 6.54 Å². The van der Waals surface area contributed by atoms with Gasteiger partial charge in [-0.1, -0.05) is 47.7 Å². The molecule has 3 aromatic rings. The molecule has 0 bridgehead atoms. The van der Waals surface area contributed by atoms with E-state index in [2.05, 4.69) is 11.6 Å². The molecule has 4 nitrogen and oxygen atoms in total. The van der Waals surface area contributed by atoms with Crippen molar-refractivity contribution in [3.63, 3.8) is 0 Å². The van der Waals surface area contributed by atoms with Crippen LogP contribution in [0.1, 0.15) is 6.42 Å². The number of hydrogen-bond acceptors (Lipinski definition) is 3. The lowest BCUT2D eigenvalue weighted by Gasteiger charge is -2.03. The van der Waals surface area contributed by atoms with Crippen molar-refractivity contribution in [1.82, 2.24) is 4.57 Å². The highest BCUT2D eigenvalue weighted by Gasteiger charge is 2.06. The molecule has 0 atom stereocenters. The normalized spacial score (nSPS) is 11.6. The summed E-state index contributed by atoms with van der Waals surface area (Å²) in [7, 11) is 0. The average molecular weight is 338 g/mol. The van der Waals surface area contributed by atoms with Crippen LogP contribution in [0.25, 0.3) is 10.2 Å². The molecule has 0 unspecified atom stereocenters. The summed E-state index contributed by atoms with van der Waals surface area (Å²) in [4.78, 5) is 17.1. The van der Waals surface area contributed by atoms with Crippen LogP contribution in [0.4, 0.5) is 0 Å². The number of para-hydroxylation sites is 2. The Hall–Kier alpha value is -2.66. The molecule has 0 spiro atoms. The van der Waals surface area contributed by atoms with Gasteiger partial charge in [-0.15, -0.1) is 6.58 Å². The number of carbonyl (C=O) groups is 1. The van der Waals surface area contributed by atoms with Crippen molar-refractivity contribution in [2.75, 3.05) is 6.61 Å². The number of amides is 1. The highest BCUT2D eigenvalue weighted by Crippen LogP contribution is 2.16. The summed E-state index contributed by atoms with van der Waals surface area (Å²) in [6.07, 6.45) is 2.05. The van der Waals surface area contributed by atoms with Gasteiger partial charge in [0.25, 0.3) is 5.91 Å². The fraction of sp³-hybridized carbons (Fsp3) is 0.158. The molecule has 1 heterocycles. The zero-order chi connectivity index (χ0) is 16.8. The molecular weight excluding hydrogens is 320 g/mol. The highest BCUT2D eigenvalue weighted by atomic mass is 32.1. The van der Waals surface area contributed by atoms with Crippen molar-refractivity contribution < 1.29 is 9.53 Å². The molecule has 2 aromatic carbocycles. The minimum absolute atomic E-state index is 0.185. The zero-order valence-electron chi connectivity index (χ0n) is 13.2. The summed E-state index contributed by atoms with van der Waals surface area (Å²) in [5.74, 6) is 0.573. The standard InChI is InChI=1S/C19H18N2O2S/c1-2-13-21-16-10-6-7-11-17(16)24-19(21)20-18(22)12-14-23-15-8-4-3-5-9-15/h2-11H,1,12-14H2. The fourth-order valence-corrected chi connectivity index (χ4v) is 3.40. The number of aromatic nitrogens is 1. The van der Waals surface area contributed by atoms with Gasteiger partial charge in [0.2, 0.25) is 0 Å². The predicted molar refractivity (Wildman–Crippen MR) is 97.1 cm³/mol. The van der Waals surface area contributed by atoms with E-state index < -0.39 is 0 Å². The van der Waals surface area contributed by atoms with E-state index >= 15 is 0 Å². The maximum atomic E-state index is 12.2. The molecule has 1 aromatic heterocycles. The predicted octanol–water partition coefficient (Wildman–Crippen LogP) is 3.79. The minimum atomic E-state index is -0.185. The van der Waals surface area contributed by atoms with Crippen molar-refractivity contribution in [2.45, 2.75) is 13.0 Å². The molecule has 0 aliphatic rings. The first-order valence-corrected chi connectivity index (χ1v) is 8.54. The summed E-state index contributed by atoms with van der Waals surface area (Å²) in [6, 6.07) is 17.5. The van der Waals surface area contributed by atoms with Crippen LogP contribution in [0.5, 0.6) is 5.75 Å². The first-order valence-electron chi connectivity index (χ1n) is 7.72. The quantitative estimate of drug-likeness (QED) is 0.642. The van der Waals surface area contributed by atoms with E-state index in [1.807, 2.05) is 59.2 Å². The van der Waals surface area contributed by atoms with Gasteiger partial charge < -0.3 is 9.30 Å². The van der Waals surface area contributed by atoms with Crippen molar-refractivity contribution in [2.24, 2.45) is 4.99 Å². The Balaban J connectivity index is 1.75. The second-order valence-electron chi connectivity index (χ2n) is 5.17. The van der Waals surface area contributed by atoms with Crippen LogP contribution in [-0.2, 0) is 11.3 Å². The number of carbonyl (C=O) groups excluding carboxylic acids is 1. The summed E-state index contributed by atoms with van der Waals surface area (Å²) >= 11 is 1.51. The van der Waals surface area contributed by atoms with Crippen molar-refractivity contribution >= 4 is 27.5 Å². The molecule has 5 heteroatoms. The molecule has 1 amide bonds. The summed E-state index contributed by atoms with van der Waals surface area (Å²) in [5, 5.41) is 0. The highest BCUT2D eigenvalue weighted by molar-refractivity contribution is 7.16. The van der Waals surface area contributed by atoms with Crippen molar-refractivity contribution in [3.8, 4) is 5.75 Å². The lowest BCUT2D eigenvalue weighted by molar-refractivity contribution is -0.118. The van der Waals surface area contributed by atoms with Crippen LogP contribution in [0.15, 0.2) is 72.2 Å². The molecule has 0 N–H and O–H groups in total. The Morgan fingerprint density at radius 2 is 1.92 bits per heavy atom. The van der Waals surface area contributed by atoms with Gasteiger partial charge in [-0.25, -0.2) is 0 Å². The van der Waals surface area contributed by atoms with Crippen LogP contribution in [-0.4, -0.2) is 17.1 Å². The van der Waals surface area contributed by atoms with Gasteiger partial charge >= 0.3 is 0 Å². The number of benzene rings is 2. The lowest BCUT2D eigenvalue weighted by Crippen LogP contribution is -2.17. The Morgan fingerprint density at radius 3 is 2.71 bits per heavy atom. The van der Waals surface area contributed by atoms with Crippen LogP contribution < -0.4 is 9.54 Å². The van der Waals surface area contributed by atoms with Gasteiger partial charge in [0.15, 0.2) is 4.80 Å². The van der Waals surface area contributed by atoms with E-state index in [0.29, 0.717) is 18.0 Å². The zero-order valence-corrected chi connectivity index (χ0v) is 14.0. The second kappa shape index (κ2) is 7.75. The third kappa shape index (κ3) is 3.81. The molecule has 0 radical (unpaired) electrons. The van der Waals surface area contributed by atoms with E-state index in [0.717, 1.165) is 16.0 Å². The smallest absolute Gasteiger partial charge is 0.251 e. The summed E-state index contributed by atoms with van der Waals surface area (Å²) < 4.78 is 8.66. The topological polar surface area (TPSA) is 43.6 Å². The number of thiazole rings is 1. The van der Waals surface area contributed by atoms with Crippen molar-refractivity contribution in [3.05, 3.63) is 72.1 Å². The third-order valence-corrected chi connectivity index (χ3v) is 4.51. The number of allylic oxidation sites excluding steroid dienone is 1. The Morgan fingerprint density at radius 1 is 1.17 bits per heavy atom. The number of rotatable bonds is 6. The average Bonchev–Trinajstić information content (AvgIpc) is 2.94. The van der Waals surface area contributed by atoms with Gasteiger partial charge in [-0.3, -0.25) is 4.79 Å². The molecular formula is C19H18N2O2S. The van der Waals surface area contributed by atoms with Gasteiger partial charge in [-0.05, 0) is 24.3 Å². The van der Waals surface area contributed by atoms with E-state index in [4.69, 9.17) is 4.74 Å². The molecule has 0 fully saturated rings. The van der Waals surface area contributed by atoms with E-state index in [1.54, 1.807) is 6.08 Å². The van der Waals surface area contributed by atoms with Crippen molar-refractivity contribution in [1.29, 1.82) is 0 Å². The maximum Gasteiger partial charge on any atom is 0.251 e. The summed E-state index contributed by atoms with van der Waals surface area (Å²) in [6.45, 7) is 4.72. The van der Waals surface area contributed by atoms with Crippen LogP contribution in [0.2, 0.25) is 0 Å². The lowest BCUT2D eigenvalue weighted by atomic mass is 10.3. The Bertz CT molecular complexity index is 910. The van der Waals surface area contributed by atoms with Gasteiger partial charge in [0.05, 0.1) is 23.2 Å². The number of fused-ring (bicyclic) bond motifs is 1. The first-order chi connectivity index (χ1) is 11.8. The number of hydrogen-bond donors (Lipinski definition) is 0. The van der Waals surface area contributed by atoms with Gasteiger partial charge in [-0.2, -0.15) is 4.99 Å². The monoisotopic (exact) mass is 338 g/mol. The summed E-state index contributed by atoms with van der Waals surface area (Å²) in [5.41, 5.74) is 1.06. The number of ether oxygens (including phenoxy) is 1. The van der Waals surface area contributed by atoms with Crippen LogP contribution >= 0.6 is 11.3 Å². The molecule has 3 rings (SSSR count). The second-order valence-corrected chi connectivity index (χ2v) is 6.18. The largest absolute Gasteiger partial charge is 0.493 e. The molecule has 0 aliphatic heterocycles. The fourth-order valence-electron chi connectivity index (χ4n) is 2.35. The van der Waals surface area contributed by atoms with E-state index in [1.165, 1.54) is 11.3 Å². The third-order valence-electron chi connectivity index (χ3n) is 3.45. The number of nitrogens with zero attached hydrogens (tertiary/aromatic N) is 2. The SMILES string of the molecule is C=CCn1c(=NC(=O)CCOc2ccccc2)sc2ccccc21. The van der Waals surface area contributed by atoms with Crippen LogP contribution in [0, 0.1) is 0 Å². The molecule has 0 aliphatic carbocycles. The maximum absolute atomic E-state index is 12.2. The van der Waals surface area contributed by atoms with Gasteiger partial charge in [0.1, 0.15) is 5.75 Å². The first kappa shape index (κ1) is 16.2. The molecule has 122 valence electrons. The van der Waals surface area contributed by atoms with E-state index in [-0.39, 0.29) is 12.3 Å².